The van der Waals surface area contributed by atoms with Gasteiger partial charge in [-0.1, -0.05) is 12.1 Å². The summed E-state index contributed by atoms with van der Waals surface area (Å²) in [6.07, 6.45) is -0.0866. The van der Waals surface area contributed by atoms with Crippen LogP contribution in [0.5, 0.6) is 5.75 Å². The minimum atomic E-state index is -0.0866. The van der Waals surface area contributed by atoms with Gasteiger partial charge in [0.1, 0.15) is 11.9 Å². The highest BCUT2D eigenvalue weighted by molar-refractivity contribution is 7.12. The van der Waals surface area contributed by atoms with Gasteiger partial charge in [0, 0.05) is 23.4 Å². The van der Waals surface area contributed by atoms with Crippen molar-refractivity contribution in [3.05, 3.63) is 51.7 Å². The normalized spacial score (nSPS) is 12.4. The van der Waals surface area contributed by atoms with Gasteiger partial charge in [-0.15, -0.1) is 11.3 Å². The van der Waals surface area contributed by atoms with E-state index in [1.165, 1.54) is 4.88 Å². The van der Waals surface area contributed by atoms with Crippen molar-refractivity contribution in [2.75, 3.05) is 13.7 Å². The molecule has 1 atom stereocenters. The number of methoxy groups -OCH3 is 1. The van der Waals surface area contributed by atoms with Crippen molar-refractivity contribution in [1.29, 1.82) is 0 Å². The third-order valence-corrected chi connectivity index (χ3v) is 3.87. The molecule has 0 saturated carbocycles. The highest BCUT2D eigenvalue weighted by atomic mass is 32.1. The van der Waals surface area contributed by atoms with Crippen LogP contribution in [-0.2, 0) is 11.3 Å². The van der Waals surface area contributed by atoms with Crippen LogP contribution in [0, 0.1) is 6.92 Å². The third kappa shape index (κ3) is 3.80. The van der Waals surface area contributed by atoms with E-state index < -0.39 is 0 Å². The minimum Gasteiger partial charge on any atom is -0.484 e. The number of aryl methyl sites for hydroxylation is 1. The summed E-state index contributed by atoms with van der Waals surface area (Å²) in [7, 11) is 1.69. The topological polar surface area (TPSA) is 44.5 Å². The molecule has 2 rings (SSSR count). The van der Waals surface area contributed by atoms with Crippen LogP contribution in [-0.4, -0.2) is 13.7 Å². The fraction of sp³-hybridized carbons (Fsp3) is 0.333. The Morgan fingerprint density at radius 2 is 2.11 bits per heavy atom. The maximum atomic E-state index is 5.98. The van der Waals surface area contributed by atoms with Crippen LogP contribution in [0.3, 0.4) is 0 Å². The van der Waals surface area contributed by atoms with E-state index in [1.807, 2.05) is 24.3 Å². The summed E-state index contributed by atoms with van der Waals surface area (Å²) in [5.41, 5.74) is 6.91. The summed E-state index contributed by atoms with van der Waals surface area (Å²) in [5, 5.41) is 0. The molecule has 4 heteroatoms. The van der Waals surface area contributed by atoms with Gasteiger partial charge < -0.3 is 15.2 Å². The molecule has 2 N–H and O–H groups in total. The second kappa shape index (κ2) is 6.70. The lowest BCUT2D eigenvalue weighted by Gasteiger charge is -2.16. The predicted molar refractivity (Wildman–Crippen MR) is 78.6 cm³/mol. The van der Waals surface area contributed by atoms with Crippen molar-refractivity contribution >= 4 is 11.3 Å². The van der Waals surface area contributed by atoms with Crippen molar-refractivity contribution in [2.24, 2.45) is 5.73 Å². The smallest absolute Gasteiger partial charge is 0.145 e. The van der Waals surface area contributed by atoms with Gasteiger partial charge in [-0.3, -0.25) is 0 Å². The van der Waals surface area contributed by atoms with E-state index in [-0.39, 0.29) is 6.10 Å². The highest BCUT2D eigenvalue weighted by Crippen LogP contribution is 2.27. The molecule has 0 bridgehead atoms. The van der Waals surface area contributed by atoms with Crippen LogP contribution in [0.25, 0.3) is 0 Å². The summed E-state index contributed by atoms with van der Waals surface area (Å²) in [4.78, 5) is 2.43. The number of thiophene rings is 1. The highest BCUT2D eigenvalue weighted by Gasteiger charge is 2.13. The van der Waals surface area contributed by atoms with E-state index in [0.717, 1.165) is 16.2 Å². The number of ether oxygens (including phenoxy) is 2. The first kappa shape index (κ1) is 14.1. The third-order valence-electron chi connectivity index (χ3n) is 2.78. The molecule has 0 aliphatic rings. The van der Waals surface area contributed by atoms with E-state index >= 15 is 0 Å². The van der Waals surface area contributed by atoms with Gasteiger partial charge in [0.2, 0.25) is 0 Å². The maximum absolute atomic E-state index is 5.98. The van der Waals surface area contributed by atoms with Gasteiger partial charge in [-0.2, -0.15) is 0 Å². The molecule has 2 aromatic rings. The standard InChI is InChI=1S/C15H19NO2S/c1-11-6-7-15(19-11)14(9-16)18-13-5-3-4-12(8-13)10-17-2/h3-8,14H,9-10,16H2,1-2H3. The Bertz CT molecular complexity index is 524. The Balaban J connectivity index is 2.11. The second-order valence-electron chi connectivity index (χ2n) is 4.37. The van der Waals surface area contributed by atoms with E-state index in [4.69, 9.17) is 15.2 Å². The van der Waals surface area contributed by atoms with Crippen molar-refractivity contribution < 1.29 is 9.47 Å². The van der Waals surface area contributed by atoms with Gasteiger partial charge in [0.25, 0.3) is 0 Å². The predicted octanol–water partition coefficient (Wildman–Crippen LogP) is 3.28. The van der Waals surface area contributed by atoms with Crippen LogP contribution < -0.4 is 10.5 Å². The molecule has 1 aromatic carbocycles. The first-order valence-electron chi connectivity index (χ1n) is 6.24. The lowest BCUT2D eigenvalue weighted by atomic mass is 10.2. The molecular weight excluding hydrogens is 258 g/mol. The molecule has 1 heterocycles. The molecule has 0 amide bonds. The fourth-order valence-corrected chi connectivity index (χ4v) is 2.81. The van der Waals surface area contributed by atoms with Crippen molar-refractivity contribution in [3.63, 3.8) is 0 Å². The van der Waals surface area contributed by atoms with E-state index in [0.29, 0.717) is 13.2 Å². The fourth-order valence-electron chi connectivity index (χ4n) is 1.89. The lowest BCUT2D eigenvalue weighted by molar-refractivity contribution is 0.183. The summed E-state index contributed by atoms with van der Waals surface area (Å²) in [5.74, 6) is 0.830. The summed E-state index contributed by atoms with van der Waals surface area (Å²) >= 11 is 1.72. The average molecular weight is 277 g/mol. The van der Waals surface area contributed by atoms with E-state index in [2.05, 4.69) is 19.1 Å². The van der Waals surface area contributed by atoms with E-state index in [1.54, 1.807) is 18.4 Å². The lowest BCUT2D eigenvalue weighted by Crippen LogP contribution is -2.17. The minimum absolute atomic E-state index is 0.0866. The first-order chi connectivity index (χ1) is 9.22. The molecule has 0 fully saturated rings. The molecule has 0 spiro atoms. The van der Waals surface area contributed by atoms with Crippen LogP contribution in [0.1, 0.15) is 21.4 Å². The van der Waals surface area contributed by atoms with Crippen molar-refractivity contribution in [2.45, 2.75) is 19.6 Å². The largest absolute Gasteiger partial charge is 0.484 e. The van der Waals surface area contributed by atoms with Gasteiger partial charge >= 0.3 is 0 Å². The second-order valence-corrected chi connectivity index (χ2v) is 5.69. The molecule has 1 unspecified atom stereocenters. The summed E-state index contributed by atoms with van der Waals surface area (Å²) < 4.78 is 11.1. The van der Waals surface area contributed by atoms with Gasteiger partial charge in [-0.05, 0) is 36.8 Å². The molecule has 0 radical (unpaired) electrons. The maximum Gasteiger partial charge on any atom is 0.145 e. The number of nitrogens with two attached hydrogens (primary N) is 1. The van der Waals surface area contributed by atoms with Crippen LogP contribution in [0.4, 0.5) is 0 Å². The molecular formula is C15H19NO2S. The zero-order chi connectivity index (χ0) is 13.7. The summed E-state index contributed by atoms with van der Waals surface area (Å²) in [6.45, 7) is 3.14. The van der Waals surface area contributed by atoms with Gasteiger partial charge in [-0.25, -0.2) is 0 Å². The van der Waals surface area contributed by atoms with Gasteiger partial charge in [0.05, 0.1) is 6.61 Å². The molecule has 19 heavy (non-hydrogen) atoms. The number of hydrogen-bond donors (Lipinski definition) is 1. The zero-order valence-corrected chi connectivity index (χ0v) is 12.1. The summed E-state index contributed by atoms with van der Waals surface area (Å²) in [6, 6.07) is 12.1. The average Bonchev–Trinajstić information content (AvgIpc) is 2.83. The molecule has 3 nitrogen and oxygen atoms in total. The monoisotopic (exact) mass is 277 g/mol. The Hall–Kier alpha value is -1.36. The Morgan fingerprint density at radius 1 is 1.26 bits per heavy atom. The number of hydrogen-bond acceptors (Lipinski definition) is 4. The Kier molecular flexibility index (Phi) is 4.96. The van der Waals surface area contributed by atoms with Crippen molar-refractivity contribution in [1.82, 2.24) is 0 Å². The number of benzene rings is 1. The van der Waals surface area contributed by atoms with Crippen LogP contribution in [0.2, 0.25) is 0 Å². The Morgan fingerprint density at radius 3 is 2.74 bits per heavy atom. The molecule has 102 valence electrons. The zero-order valence-electron chi connectivity index (χ0n) is 11.3. The van der Waals surface area contributed by atoms with Crippen LogP contribution >= 0.6 is 11.3 Å². The van der Waals surface area contributed by atoms with E-state index in [9.17, 15) is 0 Å². The quantitative estimate of drug-likeness (QED) is 0.881. The molecule has 0 saturated heterocycles. The number of rotatable bonds is 6. The first-order valence-corrected chi connectivity index (χ1v) is 7.05. The van der Waals surface area contributed by atoms with Crippen molar-refractivity contribution in [3.8, 4) is 5.75 Å². The molecule has 0 aliphatic carbocycles. The Labute approximate surface area is 118 Å². The van der Waals surface area contributed by atoms with Gasteiger partial charge in [0.15, 0.2) is 0 Å². The molecule has 1 aromatic heterocycles. The SMILES string of the molecule is COCc1cccc(OC(CN)c2ccc(C)s2)c1. The van der Waals surface area contributed by atoms with Crippen LogP contribution in [0.15, 0.2) is 36.4 Å². The molecule has 0 aliphatic heterocycles.